The van der Waals surface area contributed by atoms with Crippen LogP contribution in [0.1, 0.15) is 16.8 Å². The molecular weight excluding hydrogens is 226 g/mol. The Hall–Kier alpha value is -1.94. The lowest BCUT2D eigenvalue weighted by atomic mass is 10.1. The van der Waals surface area contributed by atoms with Crippen LogP contribution < -0.4 is 10.1 Å². The first-order valence-electron chi connectivity index (χ1n) is 6.00. The molecule has 0 saturated carbocycles. The SMILES string of the molecule is COc1nc(-c2ccccc2C)nc2c1CNC2. The van der Waals surface area contributed by atoms with E-state index in [2.05, 4.69) is 28.3 Å². The topological polar surface area (TPSA) is 47.0 Å². The van der Waals surface area contributed by atoms with Crippen molar-refractivity contribution in [1.82, 2.24) is 15.3 Å². The van der Waals surface area contributed by atoms with Gasteiger partial charge in [-0.1, -0.05) is 24.3 Å². The highest BCUT2D eigenvalue weighted by Gasteiger charge is 2.20. The molecule has 1 aliphatic rings. The molecule has 0 aliphatic carbocycles. The van der Waals surface area contributed by atoms with E-state index in [1.54, 1.807) is 7.11 Å². The summed E-state index contributed by atoms with van der Waals surface area (Å²) in [6.07, 6.45) is 0. The highest BCUT2D eigenvalue weighted by molar-refractivity contribution is 5.61. The molecule has 1 N–H and O–H groups in total. The third-order valence-electron chi connectivity index (χ3n) is 3.23. The fourth-order valence-electron chi connectivity index (χ4n) is 2.25. The van der Waals surface area contributed by atoms with Gasteiger partial charge in [-0.15, -0.1) is 0 Å². The molecule has 4 nitrogen and oxygen atoms in total. The molecule has 0 saturated heterocycles. The van der Waals surface area contributed by atoms with Crippen LogP contribution in [0.25, 0.3) is 11.4 Å². The second kappa shape index (κ2) is 4.38. The molecule has 2 aromatic rings. The van der Waals surface area contributed by atoms with Crippen molar-refractivity contribution in [3.63, 3.8) is 0 Å². The molecule has 1 aliphatic heterocycles. The van der Waals surface area contributed by atoms with Gasteiger partial charge in [-0.05, 0) is 12.5 Å². The Morgan fingerprint density at radius 3 is 2.78 bits per heavy atom. The summed E-state index contributed by atoms with van der Waals surface area (Å²) >= 11 is 0. The van der Waals surface area contributed by atoms with Gasteiger partial charge in [-0.25, -0.2) is 4.98 Å². The summed E-state index contributed by atoms with van der Waals surface area (Å²) in [6.45, 7) is 3.64. The normalized spacial score (nSPS) is 13.4. The molecular formula is C14H15N3O. The Balaban J connectivity index is 2.17. The number of nitrogens with zero attached hydrogens (tertiary/aromatic N) is 2. The predicted octanol–water partition coefficient (Wildman–Crippen LogP) is 2.06. The molecule has 0 bridgehead atoms. The van der Waals surface area contributed by atoms with Crippen molar-refractivity contribution in [2.75, 3.05) is 7.11 Å². The minimum absolute atomic E-state index is 0.684. The van der Waals surface area contributed by atoms with Crippen LogP contribution in [0.15, 0.2) is 24.3 Å². The van der Waals surface area contributed by atoms with E-state index in [1.807, 2.05) is 18.2 Å². The van der Waals surface area contributed by atoms with Crippen LogP contribution in [-0.2, 0) is 13.1 Å². The number of aromatic nitrogens is 2. The minimum atomic E-state index is 0.684. The molecule has 3 rings (SSSR count). The Kier molecular flexibility index (Phi) is 2.72. The summed E-state index contributed by atoms with van der Waals surface area (Å²) in [5, 5.41) is 3.27. The zero-order chi connectivity index (χ0) is 12.5. The average molecular weight is 241 g/mol. The monoisotopic (exact) mass is 241 g/mol. The van der Waals surface area contributed by atoms with Crippen molar-refractivity contribution < 1.29 is 4.74 Å². The molecule has 18 heavy (non-hydrogen) atoms. The van der Waals surface area contributed by atoms with Gasteiger partial charge in [0.05, 0.1) is 18.4 Å². The number of hydrogen-bond donors (Lipinski definition) is 1. The Bertz CT molecular complexity index is 596. The molecule has 4 heteroatoms. The Morgan fingerprint density at radius 2 is 2.00 bits per heavy atom. The Labute approximate surface area is 106 Å². The lowest BCUT2D eigenvalue weighted by Gasteiger charge is -2.09. The smallest absolute Gasteiger partial charge is 0.221 e. The third kappa shape index (κ3) is 1.75. The van der Waals surface area contributed by atoms with E-state index < -0.39 is 0 Å². The third-order valence-corrected chi connectivity index (χ3v) is 3.23. The van der Waals surface area contributed by atoms with E-state index >= 15 is 0 Å². The summed E-state index contributed by atoms with van der Waals surface area (Å²) in [5.74, 6) is 1.43. The maximum atomic E-state index is 5.37. The summed E-state index contributed by atoms with van der Waals surface area (Å²) in [6, 6.07) is 8.13. The van der Waals surface area contributed by atoms with Gasteiger partial charge < -0.3 is 10.1 Å². The van der Waals surface area contributed by atoms with E-state index in [4.69, 9.17) is 4.74 Å². The number of nitrogens with one attached hydrogen (secondary N) is 1. The first kappa shape index (κ1) is 11.2. The van der Waals surface area contributed by atoms with Crippen LogP contribution in [0.3, 0.4) is 0 Å². The van der Waals surface area contributed by atoms with E-state index in [0.29, 0.717) is 5.88 Å². The predicted molar refractivity (Wildman–Crippen MR) is 69.3 cm³/mol. The van der Waals surface area contributed by atoms with Crippen molar-refractivity contribution in [2.45, 2.75) is 20.0 Å². The van der Waals surface area contributed by atoms with Gasteiger partial charge in [-0.3, -0.25) is 0 Å². The van der Waals surface area contributed by atoms with Crippen LogP contribution >= 0.6 is 0 Å². The van der Waals surface area contributed by atoms with Crippen LogP contribution in [0.5, 0.6) is 5.88 Å². The van der Waals surface area contributed by atoms with Crippen molar-refractivity contribution in [2.24, 2.45) is 0 Å². The van der Waals surface area contributed by atoms with Gasteiger partial charge in [0, 0.05) is 18.7 Å². The number of hydrogen-bond acceptors (Lipinski definition) is 4. The molecule has 1 aromatic heterocycles. The molecule has 2 heterocycles. The standard InChI is InChI=1S/C14H15N3O/c1-9-5-3-4-6-10(9)13-16-12-8-15-7-11(12)14(17-13)18-2/h3-6,15H,7-8H2,1-2H3. The van der Waals surface area contributed by atoms with Gasteiger partial charge in [0.2, 0.25) is 5.88 Å². The highest BCUT2D eigenvalue weighted by atomic mass is 16.5. The van der Waals surface area contributed by atoms with Crippen molar-refractivity contribution in [3.05, 3.63) is 41.1 Å². The van der Waals surface area contributed by atoms with Gasteiger partial charge in [0.15, 0.2) is 5.82 Å². The lowest BCUT2D eigenvalue weighted by Crippen LogP contribution is -2.01. The molecule has 0 unspecified atom stereocenters. The summed E-state index contributed by atoms with van der Waals surface area (Å²) < 4.78 is 5.37. The number of benzene rings is 1. The minimum Gasteiger partial charge on any atom is -0.481 e. The van der Waals surface area contributed by atoms with Crippen LogP contribution in [0, 0.1) is 6.92 Å². The molecule has 0 atom stereocenters. The molecule has 0 fully saturated rings. The maximum Gasteiger partial charge on any atom is 0.221 e. The average Bonchev–Trinajstić information content (AvgIpc) is 2.86. The molecule has 92 valence electrons. The fraction of sp³-hybridized carbons (Fsp3) is 0.286. The second-order valence-electron chi connectivity index (χ2n) is 4.40. The highest BCUT2D eigenvalue weighted by Crippen LogP contribution is 2.28. The van der Waals surface area contributed by atoms with Crippen molar-refractivity contribution in [1.29, 1.82) is 0 Å². The van der Waals surface area contributed by atoms with E-state index in [-0.39, 0.29) is 0 Å². The first-order valence-corrected chi connectivity index (χ1v) is 6.00. The second-order valence-corrected chi connectivity index (χ2v) is 4.40. The number of rotatable bonds is 2. The van der Waals surface area contributed by atoms with Crippen LogP contribution in [-0.4, -0.2) is 17.1 Å². The summed E-state index contributed by atoms with van der Waals surface area (Å²) in [7, 11) is 1.66. The summed E-state index contributed by atoms with van der Waals surface area (Å²) in [5.41, 5.74) is 4.35. The van der Waals surface area contributed by atoms with E-state index in [0.717, 1.165) is 35.7 Å². The largest absolute Gasteiger partial charge is 0.481 e. The van der Waals surface area contributed by atoms with Crippen molar-refractivity contribution >= 4 is 0 Å². The van der Waals surface area contributed by atoms with E-state index in [9.17, 15) is 0 Å². The van der Waals surface area contributed by atoms with Gasteiger partial charge in [0.1, 0.15) is 0 Å². The Morgan fingerprint density at radius 1 is 1.17 bits per heavy atom. The van der Waals surface area contributed by atoms with Gasteiger partial charge >= 0.3 is 0 Å². The number of ether oxygens (including phenoxy) is 1. The first-order chi connectivity index (χ1) is 8.79. The quantitative estimate of drug-likeness (QED) is 0.874. The van der Waals surface area contributed by atoms with Crippen molar-refractivity contribution in [3.8, 4) is 17.3 Å². The number of fused-ring (bicyclic) bond motifs is 1. The molecule has 0 spiro atoms. The number of methoxy groups -OCH3 is 1. The summed E-state index contributed by atoms with van der Waals surface area (Å²) in [4.78, 5) is 9.16. The van der Waals surface area contributed by atoms with Crippen LogP contribution in [0.4, 0.5) is 0 Å². The van der Waals surface area contributed by atoms with E-state index in [1.165, 1.54) is 5.56 Å². The molecule has 0 radical (unpaired) electrons. The van der Waals surface area contributed by atoms with Crippen LogP contribution in [0.2, 0.25) is 0 Å². The maximum absolute atomic E-state index is 5.37. The lowest BCUT2D eigenvalue weighted by molar-refractivity contribution is 0.392. The zero-order valence-corrected chi connectivity index (χ0v) is 10.5. The molecule has 1 aromatic carbocycles. The number of aryl methyl sites for hydroxylation is 1. The zero-order valence-electron chi connectivity index (χ0n) is 10.5. The van der Waals surface area contributed by atoms with Gasteiger partial charge in [0.25, 0.3) is 0 Å². The van der Waals surface area contributed by atoms with Gasteiger partial charge in [-0.2, -0.15) is 4.98 Å². The fourth-order valence-corrected chi connectivity index (χ4v) is 2.25. The molecule has 0 amide bonds.